The second kappa shape index (κ2) is 7.16. The third-order valence-corrected chi connectivity index (χ3v) is 5.03. The van der Waals surface area contributed by atoms with Gasteiger partial charge in [0, 0.05) is 22.7 Å². The van der Waals surface area contributed by atoms with E-state index in [1.54, 1.807) is 41.7 Å². The van der Waals surface area contributed by atoms with Crippen LogP contribution >= 0.6 is 0 Å². The van der Waals surface area contributed by atoms with Crippen molar-refractivity contribution in [3.05, 3.63) is 47.3 Å². The Bertz CT molecular complexity index is 1270. The van der Waals surface area contributed by atoms with Crippen LogP contribution in [-0.2, 0) is 13.0 Å². The molecule has 0 saturated heterocycles. The Balaban J connectivity index is 2.03. The molecule has 4 heterocycles. The number of rotatable bonds is 5. The summed E-state index contributed by atoms with van der Waals surface area (Å²) in [4.78, 5) is 20.2. The number of alkyl halides is 3. The van der Waals surface area contributed by atoms with Crippen LogP contribution < -0.4 is 4.74 Å². The van der Waals surface area contributed by atoms with Gasteiger partial charge < -0.3 is 9.30 Å². The maximum Gasteiger partial charge on any atom is 0.406 e. The van der Waals surface area contributed by atoms with E-state index in [1.165, 1.54) is 7.11 Å². The molecule has 4 aromatic heterocycles. The Labute approximate surface area is 169 Å². The second-order valence-electron chi connectivity index (χ2n) is 6.99. The molecular weight excluding hydrogens is 397 g/mol. The molecule has 0 aliphatic carbocycles. The minimum absolute atomic E-state index is 0.263. The lowest BCUT2D eigenvalue weighted by Crippen LogP contribution is -2.19. The number of hydrogen-bond donors (Lipinski definition) is 0. The third kappa shape index (κ3) is 3.30. The summed E-state index contributed by atoms with van der Waals surface area (Å²) in [7, 11) is 1.46. The first-order valence-corrected chi connectivity index (χ1v) is 9.34. The van der Waals surface area contributed by atoms with Crippen molar-refractivity contribution in [2.24, 2.45) is 0 Å². The van der Waals surface area contributed by atoms with Gasteiger partial charge in [-0.05, 0) is 37.6 Å². The number of nitrogens with zero attached hydrogens (tertiary/aromatic N) is 4. The number of carbonyl (C=O) groups is 1. The van der Waals surface area contributed by atoms with Gasteiger partial charge in [0.2, 0.25) is 0 Å². The molecule has 4 rings (SSSR count). The third-order valence-electron chi connectivity index (χ3n) is 5.03. The Kier molecular flexibility index (Phi) is 4.76. The number of methoxy groups -OCH3 is 1. The van der Waals surface area contributed by atoms with Gasteiger partial charge in [-0.25, -0.2) is 9.97 Å². The molecule has 0 aliphatic heterocycles. The monoisotopic (exact) mass is 416 g/mol. The first-order chi connectivity index (χ1) is 14.3. The average molecular weight is 416 g/mol. The molecule has 9 heteroatoms. The molecule has 0 bridgehead atoms. The molecule has 0 aliphatic rings. The zero-order valence-electron chi connectivity index (χ0n) is 16.6. The standard InChI is InChI=1S/C21H19F3N4O2/c1-4-15-6-5-14-9-16(27(20(14)25-15)11-21(22,23)24)19-12(2)28-17(26-19)7-13(10-29)8-18(28)30-3/h5-10H,4,11H2,1-3H3. The van der Waals surface area contributed by atoms with Crippen LogP contribution in [-0.4, -0.2) is 38.5 Å². The van der Waals surface area contributed by atoms with Crippen LogP contribution in [0.15, 0.2) is 30.3 Å². The molecule has 0 amide bonds. The molecule has 0 unspecified atom stereocenters. The lowest BCUT2D eigenvalue weighted by Gasteiger charge is -2.13. The van der Waals surface area contributed by atoms with Crippen LogP contribution in [0.25, 0.3) is 28.1 Å². The van der Waals surface area contributed by atoms with Crippen molar-refractivity contribution >= 4 is 23.0 Å². The second-order valence-corrected chi connectivity index (χ2v) is 6.99. The van der Waals surface area contributed by atoms with E-state index in [1.807, 2.05) is 6.92 Å². The number of pyridine rings is 2. The minimum Gasteiger partial charge on any atom is -0.482 e. The van der Waals surface area contributed by atoms with Crippen LogP contribution in [0.5, 0.6) is 5.88 Å². The number of fused-ring (bicyclic) bond motifs is 2. The minimum atomic E-state index is -4.43. The lowest BCUT2D eigenvalue weighted by molar-refractivity contribution is -0.139. The van der Waals surface area contributed by atoms with E-state index >= 15 is 0 Å². The summed E-state index contributed by atoms with van der Waals surface area (Å²) in [6.07, 6.45) is -3.15. The summed E-state index contributed by atoms with van der Waals surface area (Å²) >= 11 is 0. The van der Waals surface area contributed by atoms with Gasteiger partial charge in [-0.1, -0.05) is 6.92 Å². The topological polar surface area (TPSA) is 61.4 Å². The number of imidazole rings is 1. The van der Waals surface area contributed by atoms with E-state index in [0.29, 0.717) is 58.0 Å². The van der Waals surface area contributed by atoms with Crippen molar-refractivity contribution in [3.63, 3.8) is 0 Å². The van der Waals surface area contributed by atoms with Gasteiger partial charge in [0.05, 0.1) is 18.5 Å². The number of ether oxygens (including phenoxy) is 1. The van der Waals surface area contributed by atoms with Crippen LogP contribution in [0, 0.1) is 6.92 Å². The van der Waals surface area contributed by atoms with Crippen molar-refractivity contribution in [2.75, 3.05) is 7.11 Å². The number of aryl methyl sites for hydroxylation is 2. The van der Waals surface area contributed by atoms with Crippen LogP contribution in [0.4, 0.5) is 13.2 Å². The number of aromatic nitrogens is 4. The van der Waals surface area contributed by atoms with Crippen LogP contribution in [0.2, 0.25) is 0 Å². The average Bonchev–Trinajstić information content (AvgIpc) is 3.23. The van der Waals surface area contributed by atoms with Gasteiger partial charge in [-0.3, -0.25) is 9.20 Å². The van der Waals surface area contributed by atoms with Gasteiger partial charge in [0.1, 0.15) is 29.8 Å². The van der Waals surface area contributed by atoms with Crippen molar-refractivity contribution < 1.29 is 22.7 Å². The van der Waals surface area contributed by atoms with E-state index in [4.69, 9.17) is 4.74 Å². The SMILES string of the molecule is CCc1ccc2cc(-c3nc4cc(C=O)cc(OC)n4c3C)n(CC(F)(F)F)c2n1. The molecule has 0 radical (unpaired) electrons. The quantitative estimate of drug-likeness (QED) is 0.446. The molecule has 30 heavy (non-hydrogen) atoms. The number of halogens is 3. The zero-order valence-corrected chi connectivity index (χ0v) is 16.6. The fourth-order valence-electron chi connectivity index (χ4n) is 3.66. The van der Waals surface area contributed by atoms with E-state index in [-0.39, 0.29) is 5.65 Å². The molecule has 4 aromatic rings. The first-order valence-electron chi connectivity index (χ1n) is 9.34. The van der Waals surface area contributed by atoms with Crippen molar-refractivity contribution in [1.29, 1.82) is 0 Å². The van der Waals surface area contributed by atoms with E-state index in [2.05, 4.69) is 9.97 Å². The Morgan fingerprint density at radius 2 is 1.93 bits per heavy atom. The summed E-state index contributed by atoms with van der Waals surface area (Å²) in [5.41, 5.74) is 3.02. The normalized spacial score (nSPS) is 12.1. The molecule has 0 saturated carbocycles. The summed E-state index contributed by atoms with van der Waals surface area (Å²) < 4.78 is 48.4. The van der Waals surface area contributed by atoms with Gasteiger partial charge in [-0.2, -0.15) is 13.2 Å². The van der Waals surface area contributed by atoms with Crippen LogP contribution in [0.1, 0.15) is 28.7 Å². The fraction of sp³-hybridized carbons (Fsp3) is 0.286. The Morgan fingerprint density at radius 3 is 2.57 bits per heavy atom. The molecule has 156 valence electrons. The Morgan fingerprint density at radius 1 is 1.17 bits per heavy atom. The summed E-state index contributed by atoms with van der Waals surface area (Å²) in [5, 5.41) is 0.600. The molecule has 0 spiro atoms. The van der Waals surface area contributed by atoms with Crippen molar-refractivity contribution in [3.8, 4) is 17.3 Å². The summed E-state index contributed by atoms with van der Waals surface area (Å²) in [6.45, 7) is 2.46. The van der Waals surface area contributed by atoms with Gasteiger partial charge in [-0.15, -0.1) is 0 Å². The molecule has 6 nitrogen and oxygen atoms in total. The molecule has 0 aromatic carbocycles. The van der Waals surface area contributed by atoms with E-state index in [9.17, 15) is 18.0 Å². The smallest absolute Gasteiger partial charge is 0.406 e. The van der Waals surface area contributed by atoms with Gasteiger partial charge in [0.25, 0.3) is 0 Å². The summed E-state index contributed by atoms with van der Waals surface area (Å²) in [5.74, 6) is 0.371. The lowest BCUT2D eigenvalue weighted by atomic mass is 10.2. The van der Waals surface area contributed by atoms with E-state index < -0.39 is 12.7 Å². The maximum atomic E-state index is 13.4. The van der Waals surface area contributed by atoms with Crippen molar-refractivity contribution in [1.82, 2.24) is 18.9 Å². The highest BCUT2D eigenvalue weighted by molar-refractivity contribution is 5.85. The maximum absolute atomic E-state index is 13.4. The number of aldehydes is 1. The van der Waals surface area contributed by atoms with Crippen LogP contribution in [0.3, 0.4) is 0 Å². The zero-order chi connectivity index (χ0) is 21.6. The Hall–Kier alpha value is -3.36. The highest BCUT2D eigenvalue weighted by Gasteiger charge is 2.31. The first kappa shape index (κ1) is 19.9. The predicted octanol–water partition coefficient (Wildman–Crippen LogP) is 4.61. The molecule has 0 atom stereocenters. The highest BCUT2D eigenvalue weighted by atomic mass is 19.4. The largest absolute Gasteiger partial charge is 0.482 e. The summed E-state index contributed by atoms with van der Waals surface area (Å²) in [6, 6.07) is 8.36. The van der Waals surface area contributed by atoms with Crippen molar-refractivity contribution in [2.45, 2.75) is 33.0 Å². The number of carbonyl (C=O) groups excluding carboxylic acids is 1. The fourth-order valence-corrected chi connectivity index (χ4v) is 3.66. The molecule has 0 fully saturated rings. The van der Waals surface area contributed by atoms with Gasteiger partial charge >= 0.3 is 6.18 Å². The number of hydrogen-bond acceptors (Lipinski definition) is 4. The van der Waals surface area contributed by atoms with Gasteiger partial charge in [0.15, 0.2) is 5.88 Å². The highest BCUT2D eigenvalue weighted by Crippen LogP contribution is 2.34. The molecule has 0 N–H and O–H groups in total. The predicted molar refractivity (Wildman–Crippen MR) is 106 cm³/mol. The molecular formula is C21H19F3N4O2. The van der Waals surface area contributed by atoms with E-state index in [0.717, 1.165) is 4.57 Å².